The Labute approximate surface area is 144 Å². The van der Waals surface area contributed by atoms with Gasteiger partial charge in [-0.05, 0) is 53.0 Å². The minimum absolute atomic E-state index is 0. The van der Waals surface area contributed by atoms with Crippen LogP contribution in [0.5, 0.6) is 0 Å². The SMILES string of the molecule is Cc1cc[n+](CCC(=O)Nc2ccc(C)cc2Br)cc1.[Br-]. The summed E-state index contributed by atoms with van der Waals surface area (Å²) in [5, 5.41) is 2.92. The second-order valence-electron chi connectivity index (χ2n) is 4.89. The van der Waals surface area contributed by atoms with Crippen LogP contribution in [0.4, 0.5) is 5.69 Å². The smallest absolute Gasteiger partial charge is 0.230 e. The summed E-state index contributed by atoms with van der Waals surface area (Å²) < 4.78 is 2.92. The lowest BCUT2D eigenvalue weighted by Crippen LogP contribution is -3.00. The second-order valence-corrected chi connectivity index (χ2v) is 5.75. The first-order valence-electron chi connectivity index (χ1n) is 6.56. The van der Waals surface area contributed by atoms with E-state index in [-0.39, 0.29) is 22.9 Å². The molecule has 0 saturated carbocycles. The Hall–Kier alpha value is -1.20. The number of nitrogens with one attached hydrogen (secondary N) is 1. The predicted molar refractivity (Wildman–Crippen MR) is 83.5 cm³/mol. The first-order valence-corrected chi connectivity index (χ1v) is 7.35. The number of amides is 1. The average molecular weight is 414 g/mol. The van der Waals surface area contributed by atoms with Gasteiger partial charge in [0, 0.05) is 16.6 Å². The second kappa shape index (κ2) is 8.29. The Morgan fingerprint density at radius 3 is 2.43 bits per heavy atom. The van der Waals surface area contributed by atoms with E-state index in [0.29, 0.717) is 13.0 Å². The van der Waals surface area contributed by atoms with E-state index in [9.17, 15) is 4.79 Å². The summed E-state index contributed by atoms with van der Waals surface area (Å²) in [6.45, 7) is 4.74. The fourth-order valence-electron chi connectivity index (χ4n) is 1.85. The predicted octanol–water partition coefficient (Wildman–Crippen LogP) is 0.386. The van der Waals surface area contributed by atoms with E-state index in [0.717, 1.165) is 15.7 Å². The average Bonchev–Trinajstić information content (AvgIpc) is 2.41. The van der Waals surface area contributed by atoms with E-state index in [1.165, 1.54) is 5.56 Å². The zero-order valence-corrected chi connectivity index (χ0v) is 15.2. The maximum Gasteiger partial charge on any atom is 0.230 e. The van der Waals surface area contributed by atoms with Crippen molar-refractivity contribution in [3.05, 3.63) is 58.3 Å². The number of rotatable bonds is 4. The summed E-state index contributed by atoms with van der Waals surface area (Å²) >= 11 is 3.46. The van der Waals surface area contributed by atoms with E-state index in [2.05, 4.69) is 21.2 Å². The summed E-state index contributed by atoms with van der Waals surface area (Å²) in [4.78, 5) is 11.9. The van der Waals surface area contributed by atoms with Crippen LogP contribution in [0.3, 0.4) is 0 Å². The van der Waals surface area contributed by atoms with Crippen LogP contribution >= 0.6 is 15.9 Å². The van der Waals surface area contributed by atoms with Crippen molar-refractivity contribution in [2.24, 2.45) is 0 Å². The zero-order valence-electron chi connectivity index (χ0n) is 12.1. The van der Waals surface area contributed by atoms with E-state index in [1.54, 1.807) is 0 Å². The van der Waals surface area contributed by atoms with Gasteiger partial charge in [-0.15, -0.1) is 0 Å². The van der Waals surface area contributed by atoms with Crippen LogP contribution in [0.25, 0.3) is 0 Å². The molecule has 1 amide bonds. The normalized spacial score (nSPS) is 9.86. The number of anilines is 1. The van der Waals surface area contributed by atoms with Crippen LogP contribution < -0.4 is 26.9 Å². The van der Waals surface area contributed by atoms with E-state index < -0.39 is 0 Å². The van der Waals surface area contributed by atoms with Crippen molar-refractivity contribution < 1.29 is 26.3 Å². The van der Waals surface area contributed by atoms with Crippen LogP contribution in [-0.4, -0.2) is 5.91 Å². The van der Waals surface area contributed by atoms with Crippen molar-refractivity contribution in [3.63, 3.8) is 0 Å². The third kappa shape index (κ3) is 5.59. The highest BCUT2D eigenvalue weighted by molar-refractivity contribution is 9.10. The maximum atomic E-state index is 11.9. The lowest BCUT2D eigenvalue weighted by Gasteiger charge is -2.07. The van der Waals surface area contributed by atoms with Gasteiger partial charge < -0.3 is 22.3 Å². The van der Waals surface area contributed by atoms with Crippen LogP contribution in [0, 0.1) is 13.8 Å². The van der Waals surface area contributed by atoms with Gasteiger partial charge in [-0.25, -0.2) is 4.57 Å². The highest BCUT2D eigenvalue weighted by Crippen LogP contribution is 2.23. The van der Waals surface area contributed by atoms with E-state index >= 15 is 0 Å². The van der Waals surface area contributed by atoms with Crippen molar-refractivity contribution in [1.29, 1.82) is 0 Å². The molecule has 0 aliphatic carbocycles. The summed E-state index contributed by atoms with van der Waals surface area (Å²) in [5.41, 5.74) is 3.19. The number of hydrogen-bond acceptors (Lipinski definition) is 1. The fourth-order valence-corrected chi connectivity index (χ4v) is 2.44. The van der Waals surface area contributed by atoms with Crippen LogP contribution in [0.1, 0.15) is 17.5 Å². The zero-order chi connectivity index (χ0) is 14.5. The maximum absolute atomic E-state index is 11.9. The third-order valence-electron chi connectivity index (χ3n) is 3.05. The molecule has 0 fully saturated rings. The molecular formula is C16H18Br2N2O. The first-order chi connectivity index (χ1) is 9.54. The van der Waals surface area contributed by atoms with Crippen molar-refractivity contribution in [2.45, 2.75) is 26.8 Å². The number of hydrogen-bond donors (Lipinski definition) is 1. The van der Waals surface area contributed by atoms with E-state index in [4.69, 9.17) is 0 Å². The van der Waals surface area contributed by atoms with Crippen molar-refractivity contribution in [3.8, 4) is 0 Å². The molecule has 0 unspecified atom stereocenters. The van der Waals surface area contributed by atoms with Gasteiger partial charge in [0.15, 0.2) is 18.9 Å². The Morgan fingerprint density at radius 1 is 1.14 bits per heavy atom. The number of carbonyl (C=O) groups is 1. The van der Waals surface area contributed by atoms with Crippen molar-refractivity contribution >= 4 is 27.5 Å². The Bertz CT molecular complexity index is 612. The summed E-state index contributed by atoms with van der Waals surface area (Å²) in [7, 11) is 0. The summed E-state index contributed by atoms with van der Waals surface area (Å²) in [6.07, 6.45) is 4.43. The van der Waals surface area contributed by atoms with Crippen molar-refractivity contribution in [1.82, 2.24) is 0 Å². The highest BCUT2D eigenvalue weighted by atomic mass is 79.9. The van der Waals surface area contributed by atoms with Gasteiger partial charge in [0.25, 0.3) is 0 Å². The minimum atomic E-state index is 0. The molecular weight excluding hydrogens is 396 g/mol. The number of halogens is 2. The largest absolute Gasteiger partial charge is 1.00 e. The van der Waals surface area contributed by atoms with Crippen LogP contribution in [0.2, 0.25) is 0 Å². The third-order valence-corrected chi connectivity index (χ3v) is 3.71. The molecule has 0 aliphatic heterocycles. The number of aromatic nitrogens is 1. The molecule has 0 spiro atoms. The molecule has 0 aliphatic rings. The summed E-state index contributed by atoms with van der Waals surface area (Å²) in [6, 6.07) is 9.96. The minimum Gasteiger partial charge on any atom is -1.00 e. The Morgan fingerprint density at radius 2 is 1.81 bits per heavy atom. The van der Waals surface area contributed by atoms with Crippen molar-refractivity contribution in [2.75, 3.05) is 5.32 Å². The highest BCUT2D eigenvalue weighted by Gasteiger charge is 2.08. The molecule has 21 heavy (non-hydrogen) atoms. The molecule has 0 saturated heterocycles. The number of aryl methyl sites for hydroxylation is 3. The summed E-state index contributed by atoms with van der Waals surface area (Å²) in [5.74, 6) is 0.0163. The van der Waals surface area contributed by atoms with Gasteiger partial charge in [-0.2, -0.15) is 0 Å². The molecule has 112 valence electrons. The molecule has 0 radical (unpaired) electrons. The quantitative estimate of drug-likeness (QED) is 0.722. The van der Waals surface area contributed by atoms with E-state index in [1.807, 2.05) is 61.1 Å². The molecule has 5 heteroatoms. The lowest BCUT2D eigenvalue weighted by molar-refractivity contribution is -0.695. The number of pyridine rings is 1. The number of nitrogens with zero attached hydrogens (tertiary/aromatic N) is 1. The van der Waals surface area contributed by atoms with Gasteiger partial charge >= 0.3 is 0 Å². The number of benzene rings is 1. The molecule has 1 heterocycles. The molecule has 0 bridgehead atoms. The molecule has 1 aromatic carbocycles. The topological polar surface area (TPSA) is 33.0 Å². The standard InChI is InChI=1S/C16H17BrN2O.BrH/c1-12-5-8-19(9-6-12)10-7-16(20)18-15-4-3-13(2)11-14(15)17;/h3-6,8-9,11H,7,10H2,1-2H3;1H. The molecule has 3 nitrogen and oxygen atoms in total. The monoisotopic (exact) mass is 412 g/mol. The lowest BCUT2D eigenvalue weighted by atomic mass is 10.2. The van der Waals surface area contributed by atoms with Gasteiger partial charge in [0.1, 0.15) is 0 Å². The molecule has 0 atom stereocenters. The molecule has 1 N–H and O–H groups in total. The van der Waals surface area contributed by atoms with Gasteiger partial charge in [0.05, 0.1) is 12.1 Å². The van der Waals surface area contributed by atoms with Gasteiger partial charge in [-0.3, -0.25) is 4.79 Å². The number of carbonyl (C=O) groups excluding carboxylic acids is 1. The molecule has 1 aromatic heterocycles. The first kappa shape index (κ1) is 17.9. The Kier molecular flexibility index (Phi) is 7.05. The Balaban J connectivity index is 0.00000220. The van der Waals surface area contributed by atoms with Gasteiger partial charge in [-0.1, -0.05) is 6.07 Å². The van der Waals surface area contributed by atoms with Crippen LogP contribution in [-0.2, 0) is 11.3 Å². The fraction of sp³-hybridized carbons (Fsp3) is 0.250. The van der Waals surface area contributed by atoms with Gasteiger partial charge in [0.2, 0.25) is 5.91 Å². The molecule has 2 rings (SSSR count). The molecule has 2 aromatic rings. The van der Waals surface area contributed by atoms with Crippen LogP contribution in [0.15, 0.2) is 47.2 Å².